The average molecular weight is 222 g/mol. The first-order chi connectivity index (χ1) is 6.77. The summed E-state index contributed by atoms with van der Waals surface area (Å²) in [7, 11) is 0. The lowest BCUT2D eigenvalue weighted by Crippen LogP contribution is -1.78. The molecule has 2 aromatic rings. The van der Waals surface area contributed by atoms with Crippen LogP contribution >= 0.6 is 23.2 Å². The first kappa shape index (κ1) is 9.57. The molecule has 0 heterocycles. The third kappa shape index (κ3) is 1.92. The molecule has 0 atom stereocenters. The zero-order valence-electron chi connectivity index (χ0n) is 7.30. The Kier molecular flexibility index (Phi) is 2.76. The van der Waals surface area contributed by atoms with Gasteiger partial charge in [-0.05, 0) is 23.8 Å². The quantitative estimate of drug-likeness (QED) is 0.668. The number of rotatable bonds is 1. The van der Waals surface area contributed by atoms with Crippen molar-refractivity contribution in [2.24, 2.45) is 0 Å². The number of halogens is 2. The molecular weight excluding hydrogens is 215 g/mol. The molecule has 0 N–H and O–H groups in total. The van der Waals surface area contributed by atoms with Crippen molar-refractivity contribution in [3.63, 3.8) is 0 Å². The first-order valence-electron chi connectivity index (χ1n) is 4.19. The lowest BCUT2D eigenvalue weighted by Gasteiger charge is -2.03. The smallest absolute Gasteiger partial charge is 0.0485 e. The van der Waals surface area contributed by atoms with E-state index in [1.165, 1.54) is 0 Å². The second kappa shape index (κ2) is 4.04. The van der Waals surface area contributed by atoms with Crippen LogP contribution in [0, 0.1) is 6.07 Å². The van der Waals surface area contributed by atoms with E-state index in [0.29, 0.717) is 5.02 Å². The summed E-state index contributed by atoms with van der Waals surface area (Å²) in [5.41, 5.74) is 2.03. The minimum absolute atomic E-state index is 0.612. The molecule has 1 radical (unpaired) electrons. The van der Waals surface area contributed by atoms with Gasteiger partial charge < -0.3 is 0 Å². The normalized spacial score (nSPS) is 10.1. The maximum Gasteiger partial charge on any atom is 0.0485 e. The molecule has 0 spiro atoms. The van der Waals surface area contributed by atoms with Crippen LogP contribution in [0.5, 0.6) is 0 Å². The van der Waals surface area contributed by atoms with Crippen molar-refractivity contribution in [3.8, 4) is 11.1 Å². The molecule has 0 saturated heterocycles. The molecule has 0 aromatic heterocycles. The molecule has 0 aliphatic carbocycles. The molecule has 0 amide bonds. The maximum atomic E-state index is 6.05. The van der Waals surface area contributed by atoms with Crippen LogP contribution in [0.25, 0.3) is 11.1 Å². The summed E-state index contributed by atoms with van der Waals surface area (Å²) in [6.07, 6.45) is 0. The van der Waals surface area contributed by atoms with Crippen molar-refractivity contribution >= 4 is 23.2 Å². The summed E-state index contributed by atoms with van der Waals surface area (Å²) >= 11 is 11.8. The van der Waals surface area contributed by atoms with Crippen LogP contribution in [0.15, 0.2) is 42.5 Å². The number of hydrogen-bond donors (Lipinski definition) is 0. The van der Waals surface area contributed by atoms with Gasteiger partial charge in [-0.1, -0.05) is 47.5 Å². The van der Waals surface area contributed by atoms with E-state index in [1.54, 1.807) is 6.07 Å². The molecule has 0 bridgehead atoms. The van der Waals surface area contributed by atoms with E-state index in [4.69, 9.17) is 23.2 Å². The van der Waals surface area contributed by atoms with Crippen LogP contribution in [0.3, 0.4) is 0 Å². The Morgan fingerprint density at radius 1 is 0.929 bits per heavy atom. The molecule has 0 unspecified atom stereocenters. The van der Waals surface area contributed by atoms with Crippen LogP contribution in [0.1, 0.15) is 0 Å². The molecule has 2 heteroatoms. The predicted octanol–water partition coefficient (Wildman–Crippen LogP) is 4.46. The Morgan fingerprint density at radius 2 is 1.71 bits per heavy atom. The van der Waals surface area contributed by atoms with Crippen molar-refractivity contribution in [1.29, 1.82) is 0 Å². The Balaban J connectivity index is 2.50. The monoisotopic (exact) mass is 221 g/mol. The van der Waals surface area contributed by atoms with E-state index < -0.39 is 0 Å². The van der Waals surface area contributed by atoms with Crippen LogP contribution in [0.4, 0.5) is 0 Å². The van der Waals surface area contributed by atoms with Gasteiger partial charge in [-0.15, -0.1) is 0 Å². The van der Waals surface area contributed by atoms with E-state index in [-0.39, 0.29) is 0 Å². The number of benzene rings is 2. The van der Waals surface area contributed by atoms with Gasteiger partial charge in [-0.3, -0.25) is 0 Å². The summed E-state index contributed by atoms with van der Waals surface area (Å²) in [5, 5.41) is 1.35. The molecule has 0 fully saturated rings. The molecule has 0 aliphatic heterocycles. The highest BCUT2D eigenvalue weighted by molar-refractivity contribution is 6.33. The van der Waals surface area contributed by atoms with Gasteiger partial charge in [0.25, 0.3) is 0 Å². The van der Waals surface area contributed by atoms with Gasteiger partial charge in [0.05, 0.1) is 0 Å². The highest BCUT2D eigenvalue weighted by Gasteiger charge is 2.01. The predicted molar refractivity (Wildman–Crippen MR) is 60.7 cm³/mol. The molecule has 2 rings (SSSR count). The van der Waals surface area contributed by atoms with Crippen LogP contribution in [0.2, 0.25) is 10.0 Å². The molecule has 0 aliphatic rings. The summed E-state index contributed by atoms with van der Waals surface area (Å²) in [5.74, 6) is 0. The molecule has 69 valence electrons. The summed E-state index contributed by atoms with van der Waals surface area (Å²) < 4.78 is 0. The molecule has 0 saturated carbocycles. The highest BCUT2D eigenvalue weighted by atomic mass is 35.5. The maximum absolute atomic E-state index is 6.05. The van der Waals surface area contributed by atoms with Gasteiger partial charge in [-0.2, -0.15) is 0 Å². The van der Waals surface area contributed by atoms with E-state index in [9.17, 15) is 0 Å². The lowest BCUT2D eigenvalue weighted by atomic mass is 10.1. The van der Waals surface area contributed by atoms with E-state index in [2.05, 4.69) is 6.07 Å². The molecule has 2 aromatic carbocycles. The van der Waals surface area contributed by atoms with Crippen molar-refractivity contribution in [1.82, 2.24) is 0 Å². The SMILES string of the molecule is Clc1[c]cc(-c2ccccc2Cl)cc1. The molecule has 14 heavy (non-hydrogen) atoms. The zero-order valence-corrected chi connectivity index (χ0v) is 8.81. The van der Waals surface area contributed by atoms with Gasteiger partial charge in [0.2, 0.25) is 0 Å². The van der Waals surface area contributed by atoms with Crippen LogP contribution in [-0.4, -0.2) is 0 Å². The van der Waals surface area contributed by atoms with E-state index in [0.717, 1.165) is 16.1 Å². The van der Waals surface area contributed by atoms with Crippen molar-refractivity contribution in [2.75, 3.05) is 0 Å². The van der Waals surface area contributed by atoms with Gasteiger partial charge in [0, 0.05) is 21.7 Å². The topological polar surface area (TPSA) is 0 Å². The minimum atomic E-state index is 0.612. The first-order valence-corrected chi connectivity index (χ1v) is 4.95. The lowest BCUT2D eigenvalue weighted by molar-refractivity contribution is 1.61. The largest absolute Gasteiger partial charge is 0.0837 e. The Labute approximate surface area is 93.1 Å². The Hall–Kier alpha value is -0.980. The minimum Gasteiger partial charge on any atom is -0.0837 e. The second-order valence-corrected chi connectivity index (χ2v) is 3.72. The summed E-state index contributed by atoms with van der Waals surface area (Å²) in [6.45, 7) is 0. The fourth-order valence-electron chi connectivity index (χ4n) is 1.27. The fraction of sp³-hybridized carbons (Fsp3) is 0. The fourth-order valence-corrected chi connectivity index (χ4v) is 1.63. The Morgan fingerprint density at radius 3 is 2.36 bits per heavy atom. The highest BCUT2D eigenvalue weighted by Crippen LogP contribution is 2.27. The summed E-state index contributed by atoms with van der Waals surface area (Å²) in [4.78, 5) is 0. The van der Waals surface area contributed by atoms with Crippen molar-refractivity contribution in [3.05, 3.63) is 58.6 Å². The Bertz CT molecular complexity index is 432. The zero-order chi connectivity index (χ0) is 9.97. The third-order valence-electron chi connectivity index (χ3n) is 1.96. The molecule has 0 nitrogen and oxygen atoms in total. The van der Waals surface area contributed by atoms with Crippen LogP contribution < -0.4 is 0 Å². The molecular formula is C12H7Cl2. The second-order valence-electron chi connectivity index (χ2n) is 2.91. The van der Waals surface area contributed by atoms with E-state index >= 15 is 0 Å². The van der Waals surface area contributed by atoms with E-state index in [1.807, 2.05) is 36.4 Å². The summed E-state index contributed by atoms with van der Waals surface area (Å²) in [6, 6.07) is 16.2. The van der Waals surface area contributed by atoms with Gasteiger partial charge in [-0.25, -0.2) is 0 Å². The van der Waals surface area contributed by atoms with Gasteiger partial charge >= 0.3 is 0 Å². The average Bonchev–Trinajstić information content (AvgIpc) is 2.20. The standard InChI is InChI=1S/C12H7Cl2/c13-10-7-5-9(6-8-10)11-3-1-2-4-12(11)14/h1-7H. The van der Waals surface area contributed by atoms with Gasteiger partial charge in [0.1, 0.15) is 0 Å². The van der Waals surface area contributed by atoms with Gasteiger partial charge in [0.15, 0.2) is 0 Å². The van der Waals surface area contributed by atoms with Crippen molar-refractivity contribution < 1.29 is 0 Å². The number of hydrogen-bond acceptors (Lipinski definition) is 0. The third-order valence-corrected chi connectivity index (χ3v) is 2.52. The van der Waals surface area contributed by atoms with Crippen LogP contribution in [-0.2, 0) is 0 Å². The van der Waals surface area contributed by atoms with Crippen molar-refractivity contribution in [2.45, 2.75) is 0 Å².